The Labute approximate surface area is 155 Å². The molecule has 0 aliphatic carbocycles. The van der Waals surface area contributed by atoms with Crippen LogP contribution in [-0.2, 0) is 13.0 Å². The van der Waals surface area contributed by atoms with Crippen LogP contribution >= 0.6 is 24.0 Å². The first-order chi connectivity index (χ1) is 11.7. The normalized spacial score (nSPS) is 13.0. The number of H-pyrrole nitrogens is 1. The van der Waals surface area contributed by atoms with Crippen LogP contribution in [0.25, 0.3) is 11.0 Å². The fraction of sp³-hybridized carbons (Fsp3) is 0.167. The Morgan fingerprint density at radius 3 is 3.00 bits per heavy atom. The number of nitrogens with zero attached hydrogens (tertiary/aromatic N) is 3. The van der Waals surface area contributed by atoms with Gasteiger partial charge in [0.25, 0.3) is 5.91 Å². The molecule has 25 heavy (non-hydrogen) atoms. The quantitative estimate of drug-likeness (QED) is 0.707. The lowest BCUT2D eigenvalue weighted by molar-refractivity contribution is 0.0735. The van der Waals surface area contributed by atoms with Gasteiger partial charge < -0.3 is 9.88 Å². The molecule has 126 valence electrons. The number of pyridine rings is 1. The third kappa shape index (κ3) is 3.07. The van der Waals surface area contributed by atoms with E-state index >= 15 is 0 Å². The third-order valence-corrected chi connectivity index (χ3v) is 4.53. The largest absolute Gasteiger partial charge is 0.343 e. The monoisotopic (exact) mass is 372 g/mol. The second kappa shape index (κ2) is 6.75. The number of benzene rings is 1. The van der Waals surface area contributed by atoms with E-state index in [9.17, 15) is 4.79 Å². The van der Waals surface area contributed by atoms with E-state index in [1.807, 2.05) is 6.07 Å². The van der Waals surface area contributed by atoms with Gasteiger partial charge in [-0.05, 0) is 24.3 Å². The summed E-state index contributed by atoms with van der Waals surface area (Å²) < 4.78 is 0. The highest BCUT2D eigenvalue weighted by molar-refractivity contribution is 6.31. The van der Waals surface area contributed by atoms with Gasteiger partial charge in [-0.25, -0.2) is 4.98 Å². The molecule has 3 heterocycles. The number of aromatic amines is 1. The average Bonchev–Trinajstić information content (AvgIpc) is 2.98. The van der Waals surface area contributed by atoms with Crippen LogP contribution in [0.1, 0.15) is 27.2 Å². The first kappa shape index (κ1) is 17.3. The van der Waals surface area contributed by atoms with Crippen LogP contribution in [0.15, 0.2) is 36.5 Å². The number of rotatable bonds is 1. The van der Waals surface area contributed by atoms with Gasteiger partial charge in [-0.1, -0.05) is 17.7 Å². The van der Waals surface area contributed by atoms with E-state index in [0.29, 0.717) is 29.2 Å². The summed E-state index contributed by atoms with van der Waals surface area (Å²) in [6, 6.07) is 10.7. The molecular weight excluding hydrogens is 359 g/mol. The summed E-state index contributed by atoms with van der Waals surface area (Å²) in [4.78, 5) is 22.2. The van der Waals surface area contributed by atoms with Crippen molar-refractivity contribution in [3.63, 3.8) is 0 Å². The Hall–Kier alpha value is -2.55. The molecule has 1 N–H and O–H groups in total. The predicted octanol–water partition coefficient (Wildman–Crippen LogP) is 3.71. The van der Waals surface area contributed by atoms with Crippen molar-refractivity contribution in [2.24, 2.45) is 0 Å². The molecule has 0 bridgehead atoms. The molecule has 7 heteroatoms. The minimum Gasteiger partial charge on any atom is -0.343 e. The van der Waals surface area contributed by atoms with E-state index in [-0.39, 0.29) is 18.3 Å². The predicted molar refractivity (Wildman–Crippen MR) is 98.0 cm³/mol. The van der Waals surface area contributed by atoms with Crippen LogP contribution in [-0.4, -0.2) is 27.3 Å². The number of aromatic nitrogens is 2. The van der Waals surface area contributed by atoms with Gasteiger partial charge in [-0.2, -0.15) is 5.26 Å². The van der Waals surface area contributed by atoms with E-state index in [1.54, 1.807) is 35.4 Å². The van der Waals surface area contributed by atoms with Crippen LogP contribution in [0.4, 0.5) is 0 Å². The van der Waals surface area contributed by atoms with E-state index in [2.05, 4.69) is 16.0 Å². The van der Waals surface area contributed by atoms with Crippen LogP contribution in [0, 0.1) is 11.3 Å². The molecule has 5 nitrogen and oxygen atoms in total. The van der Waals surface area contributed by atoms with Crippen molar-refractivity contribution in [3.05, 3.63) is 63.9 Å². The first-order valence-electron chi connectivity index (χ1n) is 7.60. The second-order valence-corrected chi connectivity index (χ2v) is 6.24. The molecule has 0 saturated heterocycles. The highest BCUT2D eigenvalue weighted by Gasteiger charge is 2.25. The van der Waals surface area contributed by atoms with Crippen LogP contribution in [0.3, 0.4) is 0 Å². The number of nitrogens with one attached hydrogen (secondary N) is 1. The number of hydrogen-bond acceptors (Lipinski definition) is 3. The molecule has 0 atom stereocenters. The number of fused-ring (bicyclic) bond motifs is 3. The van der Waals surface area contributed by atoms with Gasteiger partial charge in [0.05, 0.1) is 16.7 Å². The minimum atomic E-state index is -0.0675. The lowest BCUT2D eigenvalue weighted by atomic mass is 10.0. The van der Waals surface area contributed by atoms with E-state index in [0.717, 1.165) is 28.7 Å². The molecule has 2 aromatic heterocycles. The first-order valence-corrected chi connectivity index (χ1v) is 7.98. The summed E-state index contributed by atoms with van der Waals surface area (Å²) in [5, 5.41) is 10.5. The van der Waals surface area contributed by atoms with Gasteiger partial charge in [0.2, 0.25) is 0 Å². The molecule has 0 spiro atoms. The Balaban J connectivity index is 0.00000182. The summed E-state index contributed by atoms with van der Waals surface area (Å²) in [6.07, 6.45) is 2.36. The molecule has 1 aliphatic rings. The highest BCUT2D eigenvalue weighted by atomic mass is 35.5. The zero-order chi connectivity index (χ0) is 16.7. The Kier molecular flexibility index (Phi) is 4.67. The number of carbonyl (C=O) groups is 1. The molecule has 1 aliphatic heterocycles. The Bertz CT molecular complexity index is 1010. The Morgan fingerprint density at radius 2 is 2.20 bits per heavy atom. The maximum Gasteiger partial charge on any atom is 0.254 e. The topological polar surface area (TPSA) is 72.8 Å². The fourth-order valence-corrected chi connectivity index (χ4v) is 3.30. The SMILES string of the molecule is Cl.N#Cc1cccc(C(=O)N2CCc3[nH]c4ncc(Cl)cc4c3C2)c1. The second-order valence-electron chi connectivity index (χ2n) is 5.80. The van der Waals surface area contributed by atoms with Gasteiger partial charge >= 0.3 is 0 Å². The van der Waals surface area contributed by atoms with Gasteiger partial charge in [0.1, 0.15) is 5.65 Å². The van der Waals surface area contributed by atoms with Crippen molar-refractivity contribution in [2.45, 2.75) is 13.0 Å². The van der Waals surface area contributed by atoms with Crippen molar-refractivity contribution in [1.29, 1.82) is 5.26 Å². The molecule has 0 radical (unpaired) electrons. The van der Waals surface area contributed by atoms with Crippen molar-refractivity contribution < 1.29 is 4.79 Å². The molecule has 3 aromatic rings. The number of carbonyl (C=O) groups excluding carboxylic acids is 1. The smallest absolute Gasteiger partial charge is 0.254 e. The minimum absolute atomic E-state index is 0. The zero-order valence-electron chi connectivity index (χ0n) is 13.1. The molecule has 1 amide bonds. The molecular formula is C18H14Cl2N4O. The molecule has 4 rings (SSSR count). The lowest BCUT2D eigenvalue weighted by Crippen LogP contribution is -2.35. The lowest BCUT2D eigenvalue weighted by Gasteiger charge is -2.27. The third-order valence-electron chi connectivity index (χ3n) is 4.32. The number of amides is 1. The van der Waals surface area contributed by atoms with Gasteiger partial charge in [-0.3, -0.25) is 4.79 Å². The highest BCUT2D eigenvalue weighted by Crippen LogP contribution is 2.29. The van der Waals surface area contributed by atoms with Crippen LogP contribution < -0.4 is 0 Å². The zero-order valence-corrected chi connectivity index (χ0v) is 14.7. The maximum absolute atomic E-state index is 12.8. The van der Waals surface area contributed by atoms with Crippen molar-refractivity contribution in [1.82, 2.24) is 14.9 Å². The summed E-state index contributed by atoms with van der Waals surface area (Å²) in [5.41, 5.74) is 3.99. The van der Waals surface area contributed by atoms with E-state index in [1.165, 1.54) is 0 Å². The summed E-state index contributed by atoms with van der Waals surface area (Å²) >= 11 is 6.06. The average molecular weight is 373 g/mol. The summed E-state index contributed by atoms with van der Waals surface area (Å²) in [7, 11) is 0. The van der Waals surface area contributed by atoms with Crippen molar-refractivity contribution in [3.8, 4) is 6.07 Å². The number of halogens is 2. The number of hydrogen-bond donors (Lipinski definition) is 1. The van der Waals surface area contributed by atoms with E-state index in [4.69, 9.17) is 16.9 Å². The molecule has 1 aromatic carbocycles. The molecule has 0 fully saturated rings. The molecule has 0 saturated carbocycles. The van der Waals surface area contributed by atoms with Crippen LogP contribution in [0.2, 0.25) is 5.02 Å². The maximum atomic E-state index is 12.8. The fourth-order valence-electron chi connectivity index (χ4n) is 3.14. The van der Waals surface area contributed by atoms with Gasteiger partial charge in [0.15, 0.2) is 0 Å². The van der Waals surface area contributed by atoms with E-state index < -0.39 is 0 Å². The summed E-state index contributed by atoms with van der Waals surface area (Å²) in [6.45, 7) is 1.14. The molecule has 0 unspecified atom stereocenters. The van der Waals surface area contributed by atoms with Crippen LogP contribution in [0.5, 0.6) is 0 Å². The van der Waals surface area contributed by atoms with Gasteiger partial charge in [0, 0.05) is 47.9 Å². The van der Waals surface area contributed by atoms with Gasteiger partial charge in [-0.15, -0.1) is 12.4 Å². The number of nitriles is 1. The van der Waals surface area contributed by atoms with Crippen molar-refractivity contribution >= 4 is 40.9 Å². The summed E-state index contributed by atoms with van der Waals surface area (Å²) in [5.74, 6) is -0.0675. The van der Waals surface area contributed by atoms with Crippen molar-refractivity contribution in [2.75, 3.05) is 6.54 Å². The standard InChI is InChI=1S/C18H13ClN4O.ClH/c19-13-7-14-15-10-23(5-4-16(15)22-17(14)21-9-13)18(24)12-3-1-2-11(6-12)8-20;/h1-3,6-7,9H,4-5,10H2,(H,21,22);1H. The Morgan fingerprint density at radius 1 is 1.36 bits per heavy atom.